The monoisotopic (exact) mass is 460 g/mol. The zero-order valence-electron chi connectivity index (χ0n) is 14.1. The van der Waals surface area contributed by atoms with Crippen LogP contribution in [0, 0.1) is 0 Å². The second kappa shape index (κ2) is 8.75. The van der Waals surface area contributed by atoms with Gasteiger partial charge in [0.05, 0.1) is 10.7 Å². The molecule has 2 N–H and O–H groups in total. The summed E-state index contributed by atoms with van der Waals surface area (Å²) in [6.45, 7) is 1.88. The van der Waals surface area contributed by atoms with Gasteiger partial charge in [0, 0.05) is 17.3 Å². The Morgan fingerprint density at radius 1 is 1.27 bits per heavy atom. The predicted molar refractivity (Wildman–Crippen MR) is 106 cm³/mol. The molecule has 0 aliphatic carbocycles. The molecule has 2 rings (SSSR count). The van der Waals surface area contributed by atoms with Crippen molar-refractivity contribution in [3.05, 3.63) is 57.5 Å². The van der Waals surface area contributed by atoms with Crippen molar-refractivity contribution in [3.63, 3.8) is 0 Å². The van der Waals surface area contributed by atoms with Crippen molar-refractivity contribution in [2.45, 2.75) is 19.6 Å². The summed E-state index contributed by atoms with van der Waals surface area (Å²) in [6.07, 6.45) is 0.361. The normalized spacial score (nSPS) is 12.3. The number of sulfonamides is 1. The molecular weight excluding hydrogens is 444 g/mol. The Kier molecular flexibility index (Phi) is 6.91. The molecule has 140 valence electrons. The van der Waals surface area contributed by atoms with Gasteiger partial charge >= 0.3 is 0 Å². The zero-order valence-corrected chi connectivity index (χ0v) is 17.3. The minimum atomic E-state index is -3.35. The number of anilines is 1. The van der Waals surface area contributed by atoms with Crippen molar-refractivity contribution in [1.29, 1.82) is 0 Å². The third kappa shape index (κ3) is 6.51. The van der Waals surface area contributed by atoms with Gasteiger partial charge in [-0.1, -0.05) is 23.7 Å². The number of halogens is 2. The predicted octanol–water partition coefficient (Wildman–Crippen LogP) is 3.56. The summed E-state index contributed by atoms with van der Waals surface area (Å²) in [5.41, 5.74) is 1.19. The molecule has 26 heavy (non-hydrogen) atoms. The smallest absolute Gasteiger partial charge is 0.261 e. The van der Waals surface area contributed by atoms with Crippen molar-refractivity contribution in [3.8, 4) is 5.75 Å². The van der Waals surface area contributed by atoms with E-state index >= 15 is 0 Å². The number of rotatable bonds is 7. The van der Waals surface area contributed by atoms with E-state index in [2.05, 4.69) is 26.0 Å². The Labute approximate surface area is 166 Å². The van der Waals surface area contributed by atoms with Gasteiger partial charge in [0.2, 0.25) is 10.0 Å². The van der Waals surface area contributed by atoms with E-state index in [9.17, 15) is 13.2 Å². The highest BCUT2D eigenvalue weighted by atomic mass is 79.9. The van der Waals surface area contributed by atoms with Crippen molar-refractivity contribution in [2.75, 3.05) is 11.0 Å². The minimum absolute atomic E-state index is 0.244. The number of carbonyl (C=O) groups excluding carboxylic acids is 1. The zero-order chi connectivity index (χ0) is 19.3. The number of amides is 1. The first kappa shape index (κ1) is 20.5. The topological polar surface area (TPSA) is 84.5 Å². The molecule has 0 spiro atoms. The fourth-order valence-corrected chi connectivity index (χ4v) is 3.44. The molecular formula is C17H18BrClN2O4S. The summed E-state index contributed by atoms with van der Waals surface area (Å²) in [7, 11) is -3.35. The lowest BCUT2D eigenvalue weighted by Crippen LogP contribution is -2.36. The molecule has 0 aliphatic rings. The Morgan fingerprint density at radius 3 is 2.65 bits per heavy atom. The molecule has 0 saturated heterocycles. The van der Waals surface area contributed by atoms with Gasteiger partial charge in [-0.05, 0) is 58.7 Å². The van der Waals surface area contributed by atoms with Gasteiger partial charge in [0.25, 0.3) is 5.91 Å². The summed E-state index contributed by atoms with van der Waals surface area (Å²) < 4.78 is 31.2. The third-order valence-corrected chi connectivity index (χ3v) is 4.73. The van der Waals surface area contributed by atoms with E-state index in [1.54, 1.807) is 49.4 Å². The Morgan fingerprint density at radius 2 is 2.00 bits per heavy atom. The highest BCUT2D eigenvalue weighted by Gasteiger charge is 2.16. The number of benzene rings is 2. The maximum atomic E-state index is 12.2. The van der Waals surface area contributed by atoms with Crippen LogP contribution in [-0.4, -0.2) is 26.7 Å². The van der Waals surface area contributed by atoms with Gasteiger partial charge in [-0.2, -0.15) is 0 Å². The molecule has 0 heterocycles. The highest BCUT2D eigenvalue weighted by Crippen LogP contribution is 2.28. The number of carbonyl (C=O) groups is 1. The Bertz CT molecular complexity index is 905. The Balaban J connectivity index is 1.94. The molecule has 0 aliphatic heterocycles. The third-order valence-electron chi connectivity index (χ3n) is 3.26. The van der Waals surface area contributed by atoms with Gasteiger partial charge in [-0.3, -0.25) is 9.52 Å². The summed E-state index contributed by atoms with van der Waals surface area (Å²) in [5.74, 6) is 0.213. The average molecular weight is 462 g/mol. The fraction of sp³-hybridized carbons (Fsp3) is 0.235. The van der Waals surface area contributed by atoms with Crippen LogP contribution < -0.4 is 14.8 Å². The van der Waals surface area contributed by atoms with E-state index in [-0.39, 0.29) is 12.5 Å². The van der Waals surface area contributed by atoms with Gasteiger partial charge in [0.15, 0.2) is 6.10 Å². The molecule has 2 aromatic carbocycles. The molecule has 2 aromatic rings. The Hall–Kier alpha value is -1.77. The minimum Gasteiger partial charge on any atom is -0.480 e. The summed E-state index contributed by atoms with van der Waals surface area (Å²) in [6, 6.07) is 11.8. The largest absolute Gasteiger partial charge is 0.480 e. The summed E-state index contributed by atoms with van der Waals surface area (Å²) in [4.78, 5) is 12.2. The molecule has 0 saturated carbocycles. The standard InChI is InChI=1S/C17H18BrClN2O4S/c1-11(25-16-7-6-13(19)9-15(16)18)17(22)20-10-12-4-3-5-14(8-12)21-26(2,23)24/h3-9,11,21H,10H2,1-2H3,(H,20,22). The van der Waals surface area contributed by atoms with Gasteiger partial charge in [-0.15, -0.1) is 0 Å². The number of hydrogen-bond donors (Lipinski definition) is 2. The fourth-order valence-electron chi connectivity index (χ4n) is 2.11. The van der Waals surface area contributed by atoms with Crippen molar-refractivity contribution < 1.29 is 17.9 Å². The van der Waals surface area contributed by atoms with Crippen LogP contribution in [0.15, 0.2) is 46.9 Å². The molecule has 0 aromatic heterocycles. The SMILES string of the molecule is CC(Oc1ccc(Cl)cc1Br)C(=O)NCc1cccc(NS(C)(=O)=O)c1. The van der Waals surface area contributed by atoms with Crippen molar-refractivity contribution >= 4 is 49.1 Å². The van der Waals surface area contributed by atoms with Crippen LogP contribution in [0.1, 0.15) is 12.5 Å². The molecule has 6 nitrogen and oxygen atoms in total. The van der Waals surface area contributed by atoms with Crippen LogP contribution in [-0.2, 0) is 21.4 Å². The van der Waals surface area contributed by atoms with Crippen LogP contribution in [0.4, 0.5) is 5.69 Å². The molecule has 0 fully saturated rings. The lowest BCUT2D eigenvalue weighted by atomic mass is 10.2. The molecule has 1 atom stereocenters. The quantitative estimate of drug-likeness (QED) is 0.660. The lowest BCUT2D eigenvalue weighted by molar-refractivity contribution is -0.127. The molecule has 1 unspecified atom stereocenters. The van der Waals surface area contributed by atoms with Gasteiger partial charge < -0.3 is 10.1 Å². The first-order chi connectivity index (χ1) is 12.1. The maximum absolute atomic E-state index is 12.2. The van der Waals surface area contributed by atoms with Crippen LogP contribution >= 0.6 is 27.5 Å². The van der Waals surface area contributed by atoms with Crippen LogP contribution in [0.2, 0.25) is 5.02 Å². The van der Waals surface area contributed by atoms with Crippen molar-refractivity contribution in [1.82, 2.24) is 5.32 Å². The second-order valence-corrected chi connectivity index (χ2v) is 8.67. The van der Waals surface area contributed by atoms with Gasteiger partial charge in [0.1, 0.15) is 5.75 Å². The van der Waals surface area contributed by atoms with E-state index < -0.39 is 16.1 Å². The average Bonchev–Trinajstić information content (AvgIpc) is 2.54. The summed E-state index contributed by atoms with van der Waals surface area (Å²) in [5, 5.41) is 3.32. The molecule has 0 radical (unpaired) electrons. The molecule has 0 bridgehead atoms. The summed E-state index contributed by atoms with van der Waals surface area (Å²) >= 11 is 9.21. The second-order valence-electron chi connectivity index (χ2n) is 5.63. The maximum Gasteiger partial charge on any atom is 0.261 e. The lowest BCUT2D eigenvalue weighted by Gasteiger charge is -2.16. The van der Waals surface area contributed by atoms with Crippen LogP contribution in [0.3, 0.4) is 0 Å². The van der Waals surface area contributed by atoms with E-state index in [1.165, 1.54) is 0 Å². The number of hydrogen-bond acceptors (Lipinski definition) is 4. The first-order valence-corrected chi connectivity index (χ1v) is 10.7. The van der Waals surface area contributed by atoms with Crippen LogP contribution in [0.5, 0.6) is 5.75 Å². The van der Waals surface area contributed by atoms with Gasteiger partial charge in [-0.25, -0.2) is 8.42 Å². The molecule has 1 amide bonds. The van der Waals surface area contributed by atoms with Crippen molar-refractivity contribution in [2.24, 2.45) is 0 Å². The number of nitrogens with one attached hydrogen (secondary N) is 2. The highest BCUT2D eigenvalue weighted by molar-refractivity contribution is 9.10. The van der Waals surface area contributed by atoms with E-state index in [4.69, 9.17) is 16.3 Å². The molecule has 9 heteroatoms. The van der Waals surface area contributed by atoms with E-state index in [0.29, 0.717) is 20.9 Å². The first-order valence-electron chi connectivity index (χ1n) is 7.60. The van der Waals surface area contributed by atoms with E-state index in [0.717, 1.165) is 11.8 Å². The van der Waals surface area contributed by atoms with Crippen LogP contribution in [0.25, 0.3) is 0 Å². The number of ether oxygens (including phenoxy) is 1. The van der Waals surface area contributed by atoms with E-state index in [1.807, 2.05) is 0 Å².